The molecule has 2 nitrogen and oxygen atoms in total. The summed E-state index contributed by atoms with van der Waals surface area (Å²) in [6.07, 6.45) is 0. The second kappa shape index (κ2) is 3.83. The molecule has 2 aromatic carbocycles. The Morgan fingerprint density at radius 3 is 1.86 bits per heavy atom. The Labute approximate surface area is 82.2 Å². The molecule has 0 heterocycles. The first-order valence-electron chi connectivity index (χ1n) is 4.39. The number of hydrogen-bond acceptors (Lipinski definition) is 2. The highest BCUT2D eigenvalue weighted by atomic mass is 16.3. The van der Waals surface area contributed by atoms with E-state index in [2.05, 4.69) is 5.18 Å². The van der Waals surface area contributed by atoms with E-state index in [0.29, 0.717) is 5.69 Å². The van der Waals surface area contributed by atoms with Gasteiger partial charge in [0.05, 0.1) is 0 Å². The van der Waals surface area contributed by atoms with Gasteiger partial charge < -0.3 is 0 Å². The molecule has 2 aromatic rings. The van der Waals surface area contributed by atoms with Crippen LogP contribution in [0, 0.1) is 4.91 Å². The van der Waals surface area contributed by atoms with E-state index in [-0.39, 0.29) is 0 Å². The average molecular weight is 183 g/mol. The maximum Gasteiger partial charge on any atom is 0.108 e. The van der Waals surface area contributed by atoms with Crippen LogP contribution in [-0.4, -0.2) is 0 Å². The van der Waals surface area contributed by atoms with Gasteiger partial charge in [0.2, 0.25) is 0 Å². The first kappa shape index (κ1) is 8.63. The van der Waals surface area contributed by atoms with Gasteiger partial charge in [0.15, 0.2) is 0 Å². The predicted molar refractivity (Wildman–Crippen MR) is 57.3 cm³/mol. The van der Waals surface area contributed by atoms with Crippen molar-refractivity contribution < 1.29 is 0 Å². The Morgan fingerprint density at radius 1 is 0.714 bits per heavy atom. The molecule has 0 N–H and O–H groups in total. The van der Waals surface area contributed by atoms with E-state index in [1.165, 1.54) is 0 Å². The maximum absolute atomic E-state index is 10.2. The molecule has 0 saturated heterocycles. The highest BCUT2D eigenvalue weighted by Gasteiger charge is 1.96. The Bertz CT molecular complexity index is 420. The van der Waals surface area contributed by atoms with E-state index in [1.54, 1.807) is 12.1 Å². The molecule has 0 aromatic heterocycles. The third-order valence-corrected chi connectivity index (χ3v) is 2.08. The fraction of sp³-hybridized carbons (Fsp3) is 0. The van der Waals surface area contributed by atoms with Crippen LogP contribution in [0.25, 0.3) is 11.1 Å². The van der Waals surface area contributed by atoms with Crippen molar-refractivity contribution in [2.75, 3.05) is 0 Å². The van der Waals surface area contributed by atoms with E-state index in [1.807, 2.05) is 42.5 Å². The molecule has 0 unspecified atom stereocenters. The smallest absolute Gasteiger partial charge is 0.108 e. The Morgan fingerprint density at radius 2 is 1.29 bits per heavy atom. The Kier molecular flexibility index (Phi) is 2.36. The highest BCUT2D eigenvalue weighted by Crippen LogP contribution is 2.21. The van der Waals surface area contributed by atoms with E-state index in [4.69, 9.17) is 0 Å². The van der Waals surface area contributed by atoms with Crippen LogP contribution in [0.15, 0.2) is 59.8 Å². The summed E-state index contributed by atoms with van der Waals surface area (Å²) in [5.74, 6) is 0. The quantitative estimate of drug-likeness (QED) is 0.652. The third kappa shape index (κ3) is 1.69. The van der Waals surface area contributed by atoms with E-state index >= 15 is 0 Å². The first-order chi connectivity index (χ1) is 6.90. The van der Waals surface area contributed by atoms with Crippen LogP contribution in [-0.2, 0) is 0 Å². The molecule has 0 aliphatic heterocycles. The van der Waals surface area contributed by atoms with Crippen LogP contribution in [0.2, 0.25) is 0 Å². The van der Waals surface area contributed by atoms with Gasteiger partial charge in [-0.1, -0.05) is 42.5 Å². The molecule has 0 amide bonds. The van der Waals surface area contributed by atoms with Gasteiger partial charge in [-0.2, -0.15) is 0 Å². The average Bonchev–Trinajstić information content (AvgIpc) is 2.30. The van der Waals surface area contributed by atoms with Crippen LogP contribution in [0.5, 0.6) is 0 Å². The molecule has 2 rings (SSSR count). The summed E-state index contributed by atoms with van der Waals surface area (Å²) in [7, 11) is 0. The predicted octanol–water partition coefficient (Wildman–Crippen LogP) is 3.75. The lowest BCUT2D eigenvalue weighted by Gasteiger charge is -1.99. The number of rotatable bonds is 2. The summed E-state index contributed by atoms with van der Waals surface area (Å²) in [6, 6.07) is 17.2. The lowest BCUT2D eigenvalue weighted by atomic mass is 10.1. The van der Waals surface area contributed by atoms with Gasteiger partial charge >= 0.3 is 0 Å². The van der Waals surface area contributed by atoms with Crippen molar-refractivity contribution in [3.63, 3.8) is 0 Å². The van der Waals surface area contributed by atoms with Gasteiger partial charge in [0.25, 0.3) is 0 Å². The molecule has 2 heteroatoms. The monoisotopic (exact) mass is 183 g/mol. The number of benzene rings is 2. The molecule has 0 aliphatic carbocycles. The molecular weight excluding hydrogens is 174 g/mol. The largest absolute Gasteiger partial charge is 0.145 e. The summed E-state index contributed by atoms with van der Waals surface area (Å²) in [5, 5.41) is 2.86. The van der Waals surface area contributed by atoms with Crippen LogP contribution in [0.1, 0.15) is 0 Å². The van der Waals surface area contributed by atoms with Crippen molar-refractivity contribution in [2.24, 2.45) is 5.18 Å². The van der Waals surface area contributed by atoms with Crippen molar-refractivity contribution in [1.82, 2.24) is 0 Å². The lowest BCUT2D eigenvalue weighted by molar-refractivity contribution is 1.49. The second-order valence-corrected chi connectivity index (χ2v) is 3.00. The molecule has 0 bridgehead atoms. The van der Waals surface area contributed by atoms with Gasteiger partial charge in [-0.05, 0) is 28.4 Å². The molecule has 0 spiro atoms. The summed E-state index contributed by atoms with van der Waals surface area (Å²) < 4.78 is 0. The zero-order valence-corrected chi connectivity index (χ0v) is 7.55. The SMILES string of the molecule is O=Nc1ccc(-c2ccccc2)cc1. The van der Waals surface area contributed by atoms with Crippen molar-refractivity contribution in [1.29, 1.82) is 0 Å². The summed E-state index contributed by atoms with van der Waals surface area (Å²) in [6.45, 7) is 0. The van der Waals surface area contributed by atoms with Crippen LogP contribution < -0.4 is 0 Å². The minimum Gasteiger partial charge on any atom is -0.145 e. The van der Waals surface area contributed by atoms with Crippen molar-refractivity contribution in [3.05, 3.63) is 59.5 Å². The normalized spacial score (nSPS) is 9.71. The highest BCUT2D eigenvalue weighted by molar-refractivity contribution is 5.65. The van der Waals surface area contributed by atoms with Gasteiger partial charge in [0, 0.05) is 0 Å². The first-order valence-corrected chi connectivity index (χ1v) is 4.39. The Balaban J connectivity index is 2.39. The van der Waals surface area contributed by atoms with Crippen molar-refractivity contribution >= 4 is 5.69 Å². The lowest BCUT2D eigenvalue weighted by Crippen LogP contribution is -1.74. The van der Waals surface area contributed by atoms with E-state index < -0.39 is 0 Å². The number of nitrogens with zero attached hydrogens (tertiary/aromatic N) is 1. The standard InChI is InChI=1S/C12H9NO/c14-13-12-8-6-11(7-9-12)10-4-2-1-3-5-10/h1-9H. The van der Waals surface area contributed by atoms with Crippen molar-refractivity contribution in [2.45, 2.75) is 0 Å². The van der Waals surface area contributed by atoms with E-state index in [9.17, 15) is 4.91 Å². The molecule has 0 radical (unpaired) electrons. The third-order valence-electron chi connectivity index (χ3n) is 2.08. The topological polar surface area (TPSA) is 29.4 Å². The van der Waals surface area contributed by atoms with Crippen LogP contribution in [0.3, 0.4) is 0 Å². The second-order valence-electron chi connectivity index (χ2n) is 3.00. The van der Waals surface area contributed by atoms with Crippen LogP contribution >= 0.6 is 0 Å². The fourth-order valence-corrected chi connectivity index (χ4v) is 1.35. The number of hydrogen-bond donors (Lipinski definition) is 0. The van der Waals surface area contributed by atoms with Crippen LogP contribution in [0.4, 0.5) is 5.69 Å². The Hall–Kier alpha value is -1.96. The molecule has 0 fully saturated rings. The summed E-state index contributed by atoms with van der Waals surface area (Å²) >= 11 is 0. The van der Waals surface area contributed by atoms with Gasteiger partial charge in [-0.25, -0.2) is 0 Å². The molecular formula is C12H9NO. The summed E-state index contributed by atoms with van der Waals surface area (Å²) in [5.41, 5.74) is 2.70. The minimum atomic E-state index is 0.463. The van der Waals surface area contributed by atoms with E-state index in [0.717, 1.165) is 11.1 Å². The molecule has 14 heavy (non-hydrogen) atoms. The maximum atomic E-state index is 10.2. The van der Waals surface area contributed by atoms with Gasteiger partial charge in [-0.15, -0.1) is 4.91 Å². The fourth-order valence-electron chi connectivity index (χ4n) is 1.35. The number of nitroso groups, excluding NO2 is 1. The molecule has 0 saturated carbocycles. The molecule has 68 valence electrons. The minimum absolute atomic E-state index is 0.463. The zero-order chi connectivity index (χ0) is 9.80. The van der Waals surface area contributed by atoms with Gasteiger partial charge in [-0.3, -0.25) is 0 Å². The molecule has 0 aliphatic rings. The summed E-state index contributed by atoms with van der Waals surface area (Å²) in [4.78, 5) is 10.2. The molecule has 0 atom stereocenters. The van der Waals surface area contributed by atoms with Gasteiger partial charge in [0.1, 0.15) is 5.69 Å². The van der Waals surface area contributed by atoms with Crippen molar-refractivity contribution in [3.8, 4) is 11.1 Å². The zero-order valence-electron chi connectivity index (χ0n) is 7.55.